The zero-order chi connectivity index (χ0) is 22.1. The molecule has 1 aromatic carbocycles. The Morgan fingerprint density at radius 3 is 2.61 bits per heavy atom. The fourth-order valence-corrected chi connectivity index (χ4v) is 3.77. The van der Waals surface area contributed by atoms with Crippen molar-refractivity contribution >= 4 is 11.8 Å². The minimum Gasteiger partial charge on any atom is -0.345 e. The summed E-state index contributed by atoms with van der Waals surface area (Å²) in [5, 5.41) is 2.78. The second kappa shape index (κ2) is 8.17. The Balaban J connectivity index is 1.78. The van der Waals surface area contributed by atoms with E-state index < -0.39 is 17.3 Å². The molecule has 0 unspecified atom stereocenters. The molecule has 0 fully saturated rings. The van der Waals surface area contributed by atoms with E-state index in [-0.39, 0.29) is 18.0 Å². The third kappa shape index (κ3) is 3.98. The Morgan fingerprint density at radius 1 is 1.23 bits per heavy atom. The first-order valence-corrected chi connectivity index (χ1v) is 9.88. The average Bonchev–Trinajstić information content (AvgIpc) is 3.16. The fraction of sp³-hybridized carbons (Fsp3) is 0.273. The lowest BCUT2D eigenvalue weighted by molar-refractivity contribution is -0.129. The van der Waals surface area contributed by atoms with Gasteiger partial charge in [-0.05, 0) is 41.8 Å². The monoisotopic (exact) mass is 423 g/mol. The van der Waals surface area contributed by atoms with Crippen LogP contribution in [-0.2, 0) is 31.4 Å². The van der Waals surface area contributed by atoms with Gasteiger partial charge in [-0.15, -0.1) is 0 Å². The van der Waals surface area contributed by atoms with Crippen LogP contribution in [0.2, 0.25) is 0 Å². The average molecular weight is 423 g/mol. The molecule has 4 rings (SSSR count). The summed E-state index contributed by atoms with van der Waals surface area (Å²) in [6.07, 6.45) is 5.43. The summed E-state index contributed by atoms with van der Waals surface area (Å²) in [6.45, 7) is 2.39. The molecule has 160 valence electrons. The van der Waals surface area contributed by atoms with Crippen molar-refractivity contribution < 1.29 is 14.0 Å². The van der Waals surface area contributed by atoms with E-state index in [0.717, 1.165) is 0 Å². The van der Waals surface area contributed by atoms with E-state index in [1.807, 2.05) is 7.05 Å². The van der Waals surface area contributed by atoms with Crippen LogP contribution in [0.1, 0.15) is 34.2 Å². The number of hydrogen-bond acceptors (Lipinski definition) is 4. The van der Waals surface area contributed by atoms with Gasteiger partial charge < -0.3 is 14.8 Å². The Labute approximate surface area is 177 Å². The number of imidazole rings is 1. The number of nitrogens with zero attached hydrogens (tertiary/aromatic N) is 4. The van der Waals surface area contributed by atoms with Crippen LogP contribution in [0, 0.1) is 5.82 Å². The molecule has 0 radical (unpaired) electrons. The molecule has 0 saturated heterocycles. The molecule has 3 heterocycles. The van der Waals surface area contributed by atoms with Gasteiger partial charge in [0.05, 0.1) is 6.54 Å². The molecule has 1 aliphatic heterocycles. The second-order valence-electron chi connectivity index (χ2n) is 7.49. The molecule has 0 bridgehead atoms. The molecule has 1 aliphatic rings. The van der Waals surface area contributed by atoms with E-state index >= 15 is 0 Å². The third-order valence-electron chi connectivity index (χ3n) is 5.51. The van der Waals surface area contributed by atoms with Crippen molar-refractivity contribution in [2.45, 2.75) is 26.4 Å². The van der Waals surface area contributed by atoms with Crippen molar-refractivity contribution in [3.05, 3.63) is 81.5 Å². The number of fused-ring (bicyclic) bond motifs is 1. The molecule has 0 saturated carbocycles. The van der Waals surface area contributed by atoms with Gasteiger partial charge in [0.15, 0.2) is 0 Å². The van der Waals surface area contributed by atoms with Crippen molar-refractivity contribution in [1.29, 1.82) is 0 Å². The Bertz CT molecular complexity index is 1210. The molecule has 0 atom stereocenters. The minimum atomic E-state index is -0.503. The largest absolute Gasteiger partial charge is 0.345 e. The third-order valence-corrected chi connectivity index (χ3v) is 5.51. The van der Waals surface area contributed by atoms with Gasteiger partial charge in [-0.1, -0.05) is 0 Å². The number of pyridine rings is 1. The predicted octanol–water partition coefficient (Wildman–Crippen LogP) is 1.54. The lowest BCUT2D eigenvalue weighted by atomic mass is 9.95. The van der Waals surface area contributed by atoms with Crippen LogP contribution in [0.15, 0.2) is 47.7 Å². The summed E-state index contributed by atoms with van der Waals surface area (Å²) in [4.78, 5) is 44.1. The van der Waals surface area contributed by atoms with Crippen LogP contribution in [-0.4, -0.2) is 37.4 Å². The molecule has 0 spiro atoms. The van der Waals surface area contributed by atoms with Crippen LogP contribution < -0.4 is 10.9 Å². The van der Waals surface area contributed by atoms with Crippen molar-refractivity contribution in [2.75, 3.05) is 6.54 Å². The first kappa shape index (κ1) is 20.5. The SMILES string of the molecule is CC(=O)N1CCc2c(cn(-c3ccc(F)cc3)c(=O)c2C(=O)NCc2nccn2C)C1. The number of rotatable bonds is 4. The van der Waals surface area contributed by atoms with Crippen LogP contribution in [0.5, 0.6) is 0 Å². The van der Waals surface area contributed by atoms with Gasteiger partial charge in [-0.3, -0.25) is 19.0 Å². The van der Waals surface area contributed by atoms with Crippen LogP contribution in [0.4, 0.5) is 4.39 Å². The molecule has 0 aliphatic carbocycles. The molecular formula is C22H22FN5O3. The Kier molecular flexibility index (Phi) is 5.41. The molecule has 8 nitrogen and oxygen atoms in total. The number of carbonyl (C=O) groups excluding carboxylic acids is 2. The number of benzene rings is 1. The summed E-state index contributed by atoms with van der Waals surface area (Å²) in [6, 6.07) is 5.46. The second-order valence-corrected chi connectivity index (χ2v) is 7.49. The highest BCUT2D eigenvalue weighted by Crippen LogP contribution is 2.22. The van der Waals surface area contributed by atoms with E-state index in [0.29, 0.717) is 42.1 Å². The van der Waals surface area contributed by atoms with Gasteiger partial charge in [0.25, 0.3) is 11.5 Å². The molecule has 9 heteroatoms. The molecule has 2 aromatic heterocycles. The lowest BCUT2D eigenvalue weighted by Gasteiger charge is -2.29. The number of aromatic nitrogens is 3. The molecular weight excluding hydrogens is 401 g/mol. The Hall–Kier alpha value is -3.75. The van der Waals surface area contributed by atoms with Gasteiger partial charge in [0.1, 0.15) is 17.2 Å². The van der Waals surface area contributed by atoms with E-state index in [9.17, 15) is 18.8 Å². The summed E-state index contributed by atoms with van der Waals surface area (Å²) in [5.41, 5.74) is 1.34. The number of halogens is 1. The van der Waals surface area contributed by atoms with Crippen molar-refractivity contribution in [1.82, 2.24) is 24.3 Å². The maximum Gasteiger partial charge on any atom is 0.268 e. The normalized spacial score (nSPS) is 13.1. The zero-order valence-electron chi connectivity index (χ0n) is 17.3. The van der Waals surface area contributed by atoms with E-state index in [4.69, 9.17) is 0 Å². The summed E-state index contributed by atoms with van der Waals surface area (Å²) >= 11 is 0. The molecule has 1 N–H and O–H groups in total. The first-order valence-electron chi connectivity index (χ1n) is 9.88. The van der Waals surface area contributed by atoms with Gasteiger partial charge in [-0.2, -0.15) is 0 Å². The predicted molar refractivity (Wildman–Crippen MR) is 111 cm³/mol. The number of amides is 2. The van der Waals surface area contributed by atoms with Crippen molar-refractivity contribution in [3.63, 3.8) is 0 Å². The topological polar surface area (TPSA) is 89.2 Å². The number of nitrogens with one attached hydrogen (secondary N) is 1. The molecule has 31 heavy (non-hydrogen) atoms. The summed E-state index contributed by atoms with van der Waals surface area (Å²) < 4.78 is 16.5. The number of aryl methyl sites for hydroxylation is 1. The van der Waals surface area contributed by atoms with Crippen LogP contribution in [0.25, 0.3) is 5.69 Å². The lowest BCUT2D eigenvalue weighted by Crippen LogP contribution is -2.40. The zero-order valence-corrected chi connectivity index (χ0v) is 17.3. The van der Waals surface area contributed by atoms with Gasteiger partial charge in [0.2, 0.25) is 5.91 Å². The quantitative estimate of drug-likeness (QED) is 0.690. The smallest absolute Gasteiger partial charge is 0.268 e. The molecule has 3 aromatic rings. The highest BCUT2D eigenvalue weighted by atomic mass is 19.1. The van der Waals surface area contributed by atoms with Crippen LogP contribution in [0.3, 0.4) is 0 Å². The van der Waals surface area contributed by atoms with Crippen molar-refractivity contribution in [2.24, 2.45) is 7.05 Å². The minimum absolute atomic E-state index is 0.0410. The van der Waals surface area contributed by atoms with E-state index in [2.05, 4.69) is 10.3 Å². The van der Waals surface area contributed by atoms with E-state index in [1.165, 1.54) is 35.8 Å². The fourth-order valence-electron chi connectivity index (χ4n) is 3.77. The maximum atomic E-state index is 13.4. The van der Waals surface area contributed by atoms with Gasteiger partial charge in [-0.25, -0.2) is 9.37 Å². The van der Waals surface area contributed by atoms with Gasteiger partial charge >= 0.3 is 0 Å². The van der Waals surface area contributed by atoms with Crippen LogP contribution >= 0.6 is 0 Å². The summed E-state index contributed by atoms with van der Waals surface area (Å²) in [7, 11) is 1.82. The first-order chi connectivity index (χ1) is 14.8. The van der Waals surface area contributed by atoms with E-state index in [1.54, 1.807) is 28.1 Å². The van der Waals surface area contributed by atoms with Gasteiger partial charge in [0, 0.05) is 51.3 Å². The maximum absolute atomic E-state index is 13.4. The number of carbonyl (C=O) groups is 2. The molecule has 2 amide bonds. The standard InChI is InChI=1S/C22H22FN5O3/c1-14(29)27-9-7-18-15(12-27)13-28(17-5-3-16(23)4-6-17)22(31)20(18)21(30)25-11-19-24-8-10-26(19)2/h3-6,8,10,13H,7,9,11-12H2,1-2H3,(H,25,30). The number of hydrogen-bond donors (Lipinski definition) is 1. The highest BCUT2D eigenvalue weighted by molar-refractivity contribution is 5.95. The summed E-state index contributed by atoms with van der Waals surface area (Å²) in [5.74, 6) is -0.353. The van der Waals surface area contributed by atoms with Crippen molar-refractivity contribution in [3.8, 4) is 5.69 Å². The highest BCUT2D eigenvalue weighted by Gasteiger charge is 2.27. The Morgan fingerprint density at radius 2 is 1.97 bits per heavy atom.